The first kappa shape index (κ1) is 46.6. The average Bonchev–Trinajstić information content (AvgIpc) is 3.24. The van der Waals surface area contributed by atoms with Gasteiger partial charge in [0.05, 0.1) is 60.5 Å². The standard InChI is InChI=1S/2C22H21N5O2S.Cu/c2*1-15-7-6-10-18(11-15)24-22(30)27-23-14-16-12-19(13-20(29-2)21(16)28)26-25-17-8-4-3-5-9-17;/h2*3-14,28H,1-2H3,(H2,24,27,30);/q;;+2/p+2. The van der Waals surface area contributed by atoms with E-state index < -0.39 is 0 Å². The molecule has 61 heavy (non-hydrogen) atoms. The van der Waals surface area contributed by atoms with Gasteiger partial charge >= 0.3 is 28.6 Å². The van der Waals surface area contributed by atoms with Crippen molar-refractivity contribution in [3.05, 3.63) is 156 Å². The molecule has 0 aromatic heterocycles. The summed E-state index contributed by atoms with van der Waals surface area (Å²) in [6, 6.07) is 41.2. The zero-order valence-electron chi connectivity index (χ0n) is 33.5. The van der Waals surface area contributed by atoms with E-state index in [4.69, 9.17) is 44.1 Å². The van der Waals surface area contributed by atoms with Crippen molar-refractivity contribution in [3.8, 4) is 23.0 Å². The minimum absolute atomic E-state index is 0. The topological polar surface area (TPSA) is 187 Å². The molecule has 17 heteroatoms. The van der Waals surface area contributed by atoms with E-state index in [0.29, 0.717) is 44.2 Å². The average molecular weight is 905 g/mol. The van der Waals surface area contributed by atoms with E-state index in [-0.39, 0.29) is 28.6 Å². The van der Waals surface area contributed by atoms with Crippen molar-refractivity contribution in [1.82, 2.24) is 10.9 Å². The minimum atomic E-state index is 0. The maximum Gasteiger partial charge on any atom is 2.00 e. The number of rotatable bonds is 12. The van der Waals surface area contributed by atoms with E-state index in [9.17, 15) is 0 Å². The number of thiocarbonyl (C=S) groups is 2. The fourth-order valence-electron chi connectivity index (χ4n) is 5.19. The number of nitrogens with one attached hydrogen (secondary N) is 4. The normalized spacial score (nSPS) is 10.8. The zero-order chi connectivity index (χ0) is 42.7. The van der Waals surface area contributed by atoms with Gasteiger partial charge in [0.1, 0.15) is 0 Å². The molecule has 0 spiro atoms. The third-order valence-electron chi connectivity index (χ3n) is 8.04. The van der Waals surface area contributed by atoms with Crippen molar-refractivity contribution >= 4 is 81.2 Å². The van der Waals surface area contributed by atoms with Crippen LogP contribution in [0.3, 0.4) is 0 Å². The Balaban J connectivity index is 0.000000264. The zero-order valence-corrected chi connectivity index (χ0v) is 36.0. The number of benzene rings is 6. The molecule has 0 heterocycles. The third kappa shape index (κ3) is 15.3. The van der Waals surface area contributed by atoms with E-state index in [1.54, 1.807) is 24.3 Å². The van der Waals surface area contributed by atoms with Crippen LogP contribution in [0.5, 0.6) is 23.0 Å². The quantitative estimate of drug-likeness (QED) is 0.0233. The van der Waals surface area contributed by atoms with Gasteiger partial charge in [-0.05, 0) is 110 Å². The SMILES string of the molecule is COc1cc(N=Nc2ccccc2)cc(C=NNC(=S)Nc2cccc(C)c2)c1[OH2+].COc1cc(N=Nc2ccccc2)cc(C=NNC(=S)Nc2cccc(C)c2)c1[OH2+].[Cu+2]. The Kier molecular flexibility index (Phi) is 18.5. The van der Waals surface area contributed by atoms with E-state index in [2.05, 4.69) is 52.1 Å². The van der Waals surface area contributed by atoms with Crippen molar-refractivity contribution in [1.29, 1.82) is 0 Å². The van der Waals surface area contributed by atoms with Crippen LogP contribution in [-0.2, 0) is 17.1 Å². The monoisotopic (exact) mass is 903 g/mol. The van der Waals surface area contributed by atoms with Crippen LogP contribution in [0.25, 0.3) is 0 Å². The van der Waals surface area contributed by atoms with Gasteiger partial charge in [-0.1, -0.05) is 60.7 Å². The van der Waals surface area contributed by atoms with Crippen molar-refractivity contribution in [2.45, 2.75) is 13.8 Å². The van der Waals surface area contributed by atoms with Crippen LogP contribution in [0.2, 0.25) is 0 Å². The molecule has 6 rings (SSSR count). The Morgan fingerprint density at radius 3 is 1.25 bits per heavy atom. The fourth-order valence-corrected chi connectivity index (χ4v) is 5.53. The number of anilines is 2. The molecule has 8 N–H and O–H groups in total. The molecule has 0 fully saturated rings. The minimum Gasteiger partial charge on any atom is -0.590 e. The van der Waals surface area contributed by atoms with Crippen molar-refractivity contribution in [2.24, 2.45) is 30.7 Å². The molecular weight excluding hydrogens is 860 g/mol. The second-order valence-corrected chi connectivity index (χ2v) is 13.5. The van der Waals surface area contributed by atoms with Crippen LogP contribution in [0.1, 0.15) is 22.3 Å². The van der Waals surface area contributed by atoms with Crippen LogP contribution < -0.4 is 31.0 Å². The molecule has 14 nitrogen and oxygen atoms in total. The first-order valence-electron chi connectivity index (χ1n) is 18.2. The molecule has 0 amide bonds. The van der Waals surface area contributed by atoms with E-state index in [0.717, 1.165) is 33.9 Å². The van der Waals surface area contributed by atoms with Crippen LogP contribution in [0.15, 0.2) is 164 Å². The van der Waals surface area contributed by atoms with Crippen LogP contribution in [0, 0.1) is 13.8 Å². The third-order valence-corrected chi connectivity index (χ3v) is 8.43. The fraction of sp³-hybridized carbons (Fsp3) is 0.0909. The molecule has 0 aliphatic heterocycles. The molecule has 0 aliphatic rings. The van der Waals surface area contributed by atoms with Gasteiger partial charge in [0.15, 0.2) is 10.2 Å². The smallest absolute Gasteiger partial charge is 0.590 e. The molecule has 0 unspecified atom stereocenters. The number of hydrogen-bond donors (Lipinski definition) is 4. The molecule has 313 valence electrons. The van der Waals surface area contributed by atoms with E-state index in [1.807, 2.05) is 123 Å². The number of hydrogen-bond acceptors (Lipinski definition) is 10. The van der Waals surface area contributed by atoms with Crippen LogP contribution in [-0.4, -0.2) is 47.1 Å². The molecule has 0 saturated carbocycles. The van der Waals surface area contributed by atoms with Gasteiger partial charge in [-0.15, -0.1) is 0 Å². The summed E-state index contributed by atoms with van der Waals surface area (Å²) >= 11 is 10.5. The first-order chi connectivity index (χ1) is 29.1. The summed E-state index contributed by atoms with van der Waals surface area (Å²) in [5.74, 6) is 1.14. The number of azo groups is 2. The predicted octanol–water partition coefficient (Wildman–Crippen LogP) is 10.4. The summed E-state index contributed by atoms with van der Waals surface area (Å²) in [6.45, 7) is 4.01. The van der Waals surface area contributed by atoms with Gasteiger partial charge in [0.2, 0.25) is 11.5 Å². The Morgan fingerprint density at radius 2 is 0.885 bits per heavy atom. The summed E-state index contributed by atoms with van der Waals surface area (Å²) in [6.07, 6.45) is 2.99. The maximum absolute atomic E-state index is 8.26. The maximum atomic E-state index is 8.26. The Labute approximate surface area is 375 Å². The van der Waals surface area contributed by atoms with Crippen molar-refractivity contribution < 1.29 is 36.8 Å². The largest absolute Gasteiger partial charge is 2.00 e. The van der Waals surface area contributed by atoms with Gasteiger partial charge < -0.3 is 30.3 Å². The predicted molar refractivity (Wildman–Crippen MR) is 250 cm³/mol. The summed E-state index contributed by atoms with van der Waals surface area (Å²) < 4.78 is 10.6. The van der Waals surface area contributed by atoms with Crippen LogP contribution in [0.4, 0.5) is 34.1 Å². The molecule has 0 saturated heterocycles. The number of nitrogens with zero attached hydrogens (tertiary/aromatic N) is 6. The number of hydrazone groups is 2. The Hall–Kier alpha value is -7.04. The van der Waals surface area contributed by atoms with Crippen molar-refractivity contribution in [2.75, 3.05) is 24.9 Å². The molecule has 0 atom stereocenters. The Morgan fingerprint density at radius 1 is 0.508 bits per heavy atom. The van der Waals surface area contributed by atoms with Gasteiger partial charge in [-0.3, -0.25) is 10.9 Å². The summed E-state index contributed by atoms with van der Waals surface area (Å²) in [5, 5.41) is 48.5. The molecule has 6 aromatic carbocycles. The van der Waals surface area contributed by atoms with Gasteiger partial charge in [-0.25, -0.2) is 0 Å². The summed E-state index contributed by atoms with van der Waals surface area (Å²) in [7, 11) is 3.01. The number of aryl methyl sites for hydroxylation is 2. The number of ether oxygens (including phenoxy) is 2. The molecule has 0 aliphatic carbocycles. The second kappa shape index (κ2) is 24.1. The number of methoxy groups -OCH3 is 2. The van der Waals surface area contributed by atoms with Gasteiger partial charge in [0.25, 0.3) is 0 Å². The Bertz CT molecular complexity index is 2350. The van der Waals surface area contributed by atoms with Crippen molar-refractivity contribution in [3.63, 3.8) is 0 Å². The molecule has 6 aromatic rings. The van der Waals surface area contributed by atoms with Gasteiger partial charge in [0, 0.05) is 23.5 Å². The van der Waals surface area contributed by atoms with Crippen LogP contribution >= 0.6 is 24.4 Å². The molecule has 0 bridgehead atoms. The van der Waals surface area contributed by atoms with Gasteiger partial charge in [-0.2, -0.15) is 30.7 Å². The first-order valence-corrected chi connectivity index (χ1v) is 19.1. The summed E-state index contributed by atoms with van der Waals surface area (Å²) in [4.78, 5) is 0. The molecule has 1 radical (unpaired) electrons. The van der Waals surface area contributed by atoms with E-state index in [1.165, 1.54) is 26.6 Å². The van der Waals surface area contributed by atoms with E-state index >= 15 is 0 Å². The molecular formula is C44H44CuN10O4S2+4. The summed E-state index contributed by atoms with van der Waals surface area (Å²) in [5.41, 5.74) is 13.1. The second-order valence-electron chi connectivity index (χ2n) is 12.7.